The van der Waals surface area contributed by atoms with Gasteiger partial charge in [-0.1, -0.05) is 0 Å². The number of hydrogen-bond acceptors (Lipinski definition) is 4. The Kier molecular flexibility index (Phi) is 4.79. The summed E-state index contributed by atoms with van der Waals surface area (Å²) in [5, 5.41) is -0.0981. The molecule has 0 aromatic carbocycles. The van der Waals surface area contributed by atoms with Crippen LogP contribution in [-0.2, 0) is 10.0 Å². The van der Waals surface area contributed by atoms with E-state index in [2.05, 4.69) is 4.72 Å². The van der Waals surface area contributed by atoms with Crippen LogP contribution < -0.4 is 10.5 Å². The minimum Gasteiger partial charge on any atom is -0.452 e. The van der Waals surface area contributed by atoms with Crippen molar-refractivity contribution in [3.63, 3.8) is 0 Å². The number of halogens is 1. The van der Waals surface area contributed by atoms with Gasteiger partial charge in [-0.3, -0.25) is 0 Å². The highest BCUT2D eigenvalue weighted by atomic mass is 35.5. The van der Waals surface area contributed by atoms with Gasteiger partial charge in [-0.2, -0.15) is 0 Å². The lowest BCUT2D eigenvalue weighted by molar-refractivity contribution is 0.420. The van der Waals surface area contributed by atoms with Gasteiger partial charge in [-0.05, 0) is 26.0 Å². The molecule has 1 heterocycles. The largest absolute Gasteiger partial charge is 0.452 e. The second-order valence-corrected chi connectivity index (χ2v) is 5.24. The van der Waals surface area contributed by atoms with Gasteiger partial charge >= 0.3 is 0 Å². The maximum absolute atomic E-state index is 11.6. The number of nitrogens with two attached hydrogens (primary N) is 1. The molecule has 0 aliphatic rings. The predicted molar refractivity (Wildman–Crippen MR) is 59.4 cm³/mol. The SMILES string of the molecule is CC(C)(CN)NS(=O)(=O)c1ccco1.Cl. The van der Waals surface area contributed by atoms with E-state index < -0.39 is 15.6 Å². The molecule has 3 N–H and O–H groups in total. The smallest absolute Gasteiger partial charge is 0.274 e. The summed E-state index contributed by atoms with van der Waals surface area (Å²) in [5.74, 6) is 0. The standard InChI is InChI=1S/C8H14N2O3S.ClH/c1-8(2,6-9)10-14(11,12)7-4-3-5-13-7;/h3-5,10H,6,9H2,1-2H3;1H. The zero-order valence-electron chi connectivity index (χ0n) is 8.56. The van der Waals surface area contributed by atoms with E-state index >= 15 is 0 Å². The van der Waals surface area contributed by atoms with Crippen molar-refractivity contribution in [1.82, 2.24) is 4.72 Å². The van der Waals surface area contributed by atoms with Crippen LogP contribution in [0.5, 0.6) is 0 Å². The van der Waals surface area contributed by atoms with Crippen molar-refractivity contribution in [3.05, 3.63) is 18.4 Å². The van der Waals surface area contributed by atoms with Crippen LogP contribution in [-0.4, -0.2) is 20.5 Å². The first-order valence-electron chi connectivity index (χ1n) is 4.15. The Labute approximate surface area is 95.5 Å². The highest BCUT2D eigenvalue weighted by Crippen LogP contribution is 2.12. The first kappa shape index (κ1) is 14.4. The number of rotatable bonds is 4. The molecule has 1 aromatic rings. The van der Waals surface area contributed by atoms with Crippen molar-refractivity contribution in [2.45, 2.75) is 24.5 Å². The highest BCUT2D eigenvalue weighted by molar-refractivity contribution is 7.89. The topological polar surface area (TPSA) is 85.3 Å². The van der Waals surface area contributed by atoms with Gasteiger partial charge in [0.1, 0.15) is 0 Å². The van der Waals surface area contributed by atoms with Crippen LogP contribution in [0.25, 0.3) is 0 Å². The normalized spacial score (nSPS) is 12.2. The second kappa shape index (κ2) is 4.98. The van der Waals surface area contributed by atoms with E-state index in [0.717, 1.165) is 0 Å². The van der Waals surface area contributed by atoms with E-state index in [1.165, 1.54) is 18.4 Å². The Hall–Kier alpha value is -0.560. The van der Waals surface area contributed by atoms with E-state index in [4.69, 9.17) is 10.2 Å². The van der Waals surface area contributed by atoms with Gasteiger partial charge in [0.25, 0.3) is 10.0 Å². The fourth-order valence-corrected chi connectivity index (χ4v) is 2.22. The van der Waals surface area contributed by atoms with Gasteiger partial charge in [0.05, 0.1) is 6.26 Å². The fourth-order valence-electron chi connectivity index (χ4n) is 0.872. The third-order valence-electron chi connectivity index (χ3n) is 1.68. The molecular weight excluding hydrogens is 240 g/mol. The van der Waals surface area contributed by atoms with Crippen LogP contribution in [0.15, 0.2) is 27.9 Å². The summed E-state index contributed by atoms with van der Waals surface area (Å²) in [6.45, 7) is 3.62. The highest BCUT2D eigenvalue weighted by Gasteiger charge is 2.26. The molecule has 0 spiro atoms. The second-order valence-electron chi connectivity index (χ2n) is 3.63. The Morgan fingerprint density at radius 3 is 2.53 bits per heavy atom. The third kappa shape index (κ3) is 3.83. The van der Waals surface area contributed by atoms with Crippen molar-refractivity contribution in [1.29, 1.82) is 0 Å². The molecule has 0 aliphatic carbocycles. The van der Waals surface area contributed by atoms with E-state index in [1.54, 1.807) is 13.8 Å². The number of nitrogens with one attached hydrogen (secondary N) is 1. The van der Waals surface area contributed by atoms with Crippen molar-refractivity contribution in [3.8, 4) is 0 Å². The van der Waals surface area contributed by atoms with E-state index in [9.17, 15) is 8.42 Å². The minimum atomic E-state index is -3.58. The average Bonchev–Trinajstić information content (AvgIpc) is 2.54. The van der Waals surface area contributed by atoms with Crippen LogP contribution in [0, 0.1) is 0 Å². The molecule has 0 aliphatic heterocycles. The van der Waals surface area contributed by atoms with Gasteiger partial charge in [-0.25, -0.2) is 13.1 Å². The van der Waals surface area contributed by atoms with Gasteiger partial charge in [0, 0.05) is 12.1 Å². The maximum atomic E-state index is 11.6. The molecule has 5 nitrogen and oxygen atoms in total. The maximum Gasteiger partial charge on any atom is 0.274 e. The van der Waals surface area contributed by atoms with E-state index in [1.807, 2.05) is 0 Å². The predicted octanol–water partition coefficient (Wildman–Crippen LogP) is 0.717. The zero-order valence-corrected chi connectivity index (χ0v) is 10.2. The Morgan fingerprint density at radius 2 is 2.13 bits per heavy atom. The van der Waals surface area contributed by atoms with Crippen molar-refractivity contribution < 1.29 is 12.8 Å². The zero-order chi connectivity index (χ0) is 10.8. The summed E-state index contributed by atoms with van der Waals surface area (Å²) in [4.78, 5) is 0. The summed E-state index contributed by atoms with van der Waals surface area (Å²) >= 11 is 0. The summed E-state index contributed by atoms with van der Waals surface area (Å²) in [7, 11) is -3.58. The van der Waals surface area contributed by atoms with Gasteiger partial charge in [0.15, 0.2) is 0 Å². The molecular formula is C8H15ClN2O3S. The van der Waals surface area contributed by atoms with Crippen LogP contribution in [0.3, 0.4) is 0 Å². The lowest BCUT2D eigenvalue weighted by Gasteiger charge is -2.22. The molecule has 0 bridgehead atoms. The van der Waals surface area contributed by atoms with Crippen LogP contribution in [0.4, 0.5) is 0 Å². The molecule has 0 amide bonds. The lowest BCUT2D eigenvalue weighted by Crippen LogP contribution is -2.48. The molecule has 1 aromatic heterocycles. The molecule has 88 valence electrons. The van der Waals surface area contributed by atoms with Crippen molar-refractivity contribution >= 4 is 22.4 Å². The van der Waals surface area contributed by atoms with Crippen molar-refractivity contribution in [2.75, 3.05) is 6.54 Å². The monoisotopic (exact) mass is 254 g/mol. The lowest BCUT2D eigenvalue weighted by atomic mass is 10.1. The number of furan rings is 1. The summed E-state index contributed by atoms with van der Waals surface area (Å²) in [6.07, 6.45) is 1.31. The molecule has 0 unspecified atom stereocenters. The fraction of sp³-hybridized carbons (Fsp3) is 0.500. The van der Waals surface area contributed by atoms with Gasteiger partial charge in [-0.15, -0.1) is 12.4 Å². The molecule has 0 saturated heterocycles. The third-order valence-corrected chi connectivity index (χ3v) is 3.26. The Balaban J connectivity index is 0.00000196. The van der Waals surface area contributed by atoms with Crippen LogP contribution in [0.1, 0.15) is 13.8 Å². The van der Waals surface area contributed by atoms with Crippen LogP contribution in [0.2, 0.25) is 0 Å². The van der Waals surface area contributed by atoms with Crippen LogP contribution >= 0.6 is 12.4 Å². The average molecular weight is 255 g/mol. The molecule has 0 fully saturated rings. The van der Waals surface area contributed by atoms with Crippen molar-refractivity contribution in [2.24, 2.45) is 5.73 Å². The first-order chi connectivity index (χ1) is 6.37. The molecule has 15 heavy (non-hydrogen) atoms. The van der Waals surface area contributed by atoms with E-state index in [-0.39, 0.29) is 24.0 Å². The number of sulfonamides is 1. The molecule has 0 atom stereocenters. The number of hydrogen-bond donors (Lipinski definition) is 2. The van der Waals surface area contributed by atoms with E-state index in [0.29, 0.717) is 0 Å². The summed E-state index contributed by atoms with van der Waals surface area (Å²) in [6, 6.07) is 2.90. The molecule has 0 radical (unpaired) electrons. The quantitative estimate of drug-likeness (QED) is 0.829. The molecule has 0 saturated carbocycles. The summed E-state index contributed by atoms with van der Waals surface area (Å²) in [5.41, 5.74) is 4.73. The van der Waals surface area contributed by atoms with Gasteiger partial charge in [0.2, 0.25) is 5.09 Å². The molecule has 7 heteroatoms. The Bertz CT molecular complexity index is 386. The first-order valence-corrected chi connectivity index (χ1v) is 5.63. The minimum absolute atomic E-state index is 0. The van der Waals surface area contributed by atoms with Gasteiger partial charge < -0.3 is 10.2 Å². The molecule has 1 rings (SSSR count). The Morgan fingerprint density at radius 1 is 1.53 bits per heavy atom. The summed E-state index contributed by atoms with van der Waals surface area (Å²) < 4.78 is 30.5.